The summed E-state index contributed by atoms with van der Waals surface area (Å²) in [6.07, 6.45) is 2.30. The molecule has 6 nitrogen and oxygen atoms in total. The molecular formula is C13H22N4O2. The fraction of sp³-hybridized carbons (Fsp3) is 0.769. The summed E-state index contributed by atoms with van der Waals surface area (Å²) in [5, 5.41) is 0. The van der Waals surface area contributed by atoms with Crippen LogP contribution in [-0.4, -0.2) is 53.2 Å². The van der Waals surface area contributed by atoms with Crippen molar-refractivity contribution in [3.8, 4) is 0 Å². The average Bonchev–Trinajstić information content (AvgIpc) is 2.36. The molecule has 2 atom stereocenters. The van der Waals surface area contributed by atoms with Crippen LogP contribution in [0.2, 0.25) is 0 Å². The Morgan fingerprint density at radius 1 is 1.53 bits per heavy atom. The number of nitrogens with zero attached hydrogens (tertiary/aromatic N) is 3. The summed E-state index contributed by atoms with van der Waals surface area (Å²) in [4.78, 5) is 31.2. The molecule has 2 aliphatic heterocycles. The van der Waals surface area contributed by atoms with E-state index < -0.39 is 5.54 Å². The molecule has 2 N–H and O–H groups in total. The van der Waals surface area contributed by atoms with E-state index in [4.69, 9.17) is 5.73 Å². The van der Waals surface area contributed by atoms with E-state index in [0.29, 0.717) is 13.0 Å². The zero-order chi connectivity index (χ0) is 14.2. The van der Waals surface area contributed by atoms with Gasteiger partial charge in [0.1, 0.15) is 0 Å². The summed E-state index contributed by atoms with van der Waals surface area (Å²) in [5.41, 5.74) is 5.34. The number of rotatable bonds is 1. The summed E-state index contributed by atoms with van der Waals surface area (Å²) >= 11 is 0. The van der Waals surface area contributed by atoms with Gasteiger partial charge in [-0.2, -0.15) is 0 Å². The first kappa shape index (κ1) is 13.8. The Morgan fingerprint density at radius 2 is 2.21 bits per heavy atom. The zero-order valence-electron chi connectivity index (χ0n) is 11.8. The molecule has 2 rings (SSSR count). The van der Waals surface area contributed by atoms with Crippen molar-refractivity contribution in [1.82, 2.24) is 9.80 Å². The predicted molar refractivity (Wildman–Crippen MR) is 72.4 cm³/mol. The van der Waals surface area contributed by atoms with Crippen LogP contribution in [0, 0.1) is 5.92 Å². The number of aliphatic imine (C=N–C) groups is 1. The van der Waals surface area contributed by atoms with Gasteiger partial charge < -0.3 is 10.6 Å². The van der Waals surface area contributed by atoms with Crippen molar-refractivity contribution in [2.45, 2.75) is 38.6 Å². The largest absolute Gasteiger partial charge is 0.369 e. The van der Waals surface area contributed by atoms with E-state index in [2.05, 4.69) is 4.99 Å². The van der Waals surface area contributed by atoms with Gasteiger partial charge in [0.25, 0.3) is 0 Å². The zero-order valence-corrected chi connectivity index (χ0v) is 11.8. The van der Waals surface area contributed by atoms with Gasteiger partial charge in [-0.05, 0) is 19.8 Å². The number of nitrogens with two attached hydrogens (primary N) is 1. The highest BCUT2D eigenvalue weighted by atomic mass is 16.2. The Hall–Kier alpha value is -1.59. The lowest BCUT2D eigenvalue weighted by Gasteiger charge is -2.43. The van der Waals surface area contributed by atoms with Gasteiger partial charge in [-0.3, -0.25) is 14.5 Å². The highest BCUT2D eigenvalue weighted by Gasteiger charge is 2.42. The van der Waals surface area contributed by atoms with Crippen LogP contribution < -0.4 is 5.73 Å². The maximum Gasteiger partial charge on any atom is 0.231 e. The Bertz CT molecular complexity index is 434. The molecule has 106 valence electrons. The van der Waals surface area contributed by atoms with Crippen molar-refractivity contribution in [1.29, 1.82) is 0 Å². The van der Waals surface area contributed by atoms with Crippen molar-refractivity contribution in [2.75, 3.05) is 20.1 Å². The standard InChI is InChI=1S/C13H22N4O2/c1-9(18)17-6-4-5-10(8-17)13(2)7-11(19)16(3)12(14)15-13/h10H,4-8H2,1-3H3,(H2,14,15)/t10?,13-/m0/s1. The van der Waals surface area contributed by atoms with E-state index in [1.807, 2.05) is 11.8 Å². The van der Waals surface area contributed by atoms with Gasteiger partial charge in [0.15, 0.2) is 5.96 Å². The van der Waals surface area contributed by atoms with E-state index >= 15 is 0 Å². The minimum atomic E-state index is -0.484. The van der Waals surface area contributed by atoms with Crippen LogP contribution in [0.3, 0.4) is 0 Å². The highest BCUT2D eigenvalue weighted by molar-refractivity contribution is 5.98. The third-order valence-electron chi connectivity index (χ3n) is 4.34. The Morgan fingerprint density at radius 3 is 2.79 bits per heavy atom. The van der Waals surface area contributed by atoms with Gasteiger partial charge in [-0.15, -0.1) is 0 Å². The van der Waals surface area contributed by atoms with E-state index in [1.165, 1.54) is 4.90 Å². The van der Waals surface area contributed by atoms with Crippen molar-refractivity contribution >= 4 is 17.8 Å². The van der Waals surface area contributed by atoms with Crippen molar-refractivity contribution < 1.29 is 9.59 Å². The number of hydrogen-bond acceptors (Lipinski definition) is 4. The molecule has 0 aromatic carbocycles. The lowest BCUT2D eigenvalue weighted by atomic mass is 9.77. The minimum absolute atomic E-state index is 0.00468. The van der Waals surface area contributed by atoms with Gasteiger partial charge in [0.2, 0.25) is 11.8 Å². The van der Waals surface area contributed by atoms with Crippen LogP contribution in [0.1, 0.15) is 33.1 Å². The molecular weight excluding hydrogens is 244 g/mol. The van der Waals surface area contributed by atoms with Crippen molar-refractivity contribution in [3.05, 3.63) is 0 Å². The lowest BCUT2D eigenvalue weighted by molar-refractivity contribution is -0.132. The van der Waals surface area contributed by atoms with E-state index in [-0.39, 0.29) is 23.7 Å². The predicted octanol–water partition coefficient (Wildman–Crippen LogP) is 0.180. The van der Waals surface area contributed by atoms with Crippen LogP contribution in [0.5, 0.6) is 0 Å². The first-order chi connectivity index (χ1) is 8.83. The smallest absolute Gasteiger partial charge is 0.231 e. The van der Waals surface area contributed by atoms with Crippen LogP contribution in [0.25, 0.3) is 0 Å². The fourth-order valence-corrected chi connectivity index (χ4v) is 2.94. The second kappa shape index (κ2) is 4.83. The van der Waals surface area contributed by atoms with Crippen LogP contribution in [0.15, 0.2) is 4.99 Å². The molecule has 2 amide bonds. The van der Waals surface area contributed by atoms with Gasteiger partial charge in [-0.1, -0.05) is 0 Å². The van der Waals surface area contributed by atoms with E-state index in [1.54, 1.807) is 14.0 Å². The minimum Gasteiger partial charge on any atom is -0.369 e. The lowest BCUT2D eigenvalue weighted by Crippen LogP contribution is -2.54. The van der Waals surface area contributed by atoms with Gasteiger partial charge in [0.05, 0.1) is 12.0 Å². The molecule has 2 aliphatic rings. The number of carbonyl (C=O) groups is 2. The Labute approximate surface area is 113 Å². The van der Waals surface area contributed by atoms with Crippen LogP contribution in [-0.2, 0) is 9.59 Å². The highest BCUT2D eigenvalue weighted by Crippen LogP contribution is 2.35. The summed E-state index contributed by atoms with van der Waals surface area (Å²) in [6, 6.07) is 0. The summed E-state index contributed by atoms with van der Waals surface area (Å²) in [6.45, 7) is 5.02. The topological polar surface area (TPSA) is 79.0 Å². The number of likely N-dealkylation sites (tertiary alicyclic amines) is 1. The monoisotopic (exact) mass is 266 g/mol. The molecule has 2 heterocycles. The molecule has 6 heteroatoms. The second-order valence-electron chi connectivity index (χ2n) is 5.76. The fourth-order valence-electron chi connectivity index (χ4n) is 2.94. The third-order valence-corrected chi connectivity index (χ3v) is 4.34. The second-order valence-corrected chi connectivity index (χ2v) is 5.76. The first-order valence-corrected chi connectivity index (χ1v) is 6.71. The van der Waals surface area contributed by atoms with Crippen molar-refractivity contribution in [2.24, 2.45) is 16.6 Å². The molecule has 0 aliphatic carbocycles. The molecule has 0 radical (unpaired) electrons. The molecule has 0 aromatic heterocycles. The number of hydrogen-bond donors (Lipinski definition) is 1. The number of piperidine rings is 1. The van der Waals surface area contributed by atoms with Crippen LogP contribution >= 0.6 is 0 Å². The summed E-state index contributed by atoms with van der Waals surface area (Å²) in [7, 11) is 1.64. The Kier molecular flexibility index (Phi) is 3.52. The quantitative estimate of drug-likeness (QED) is 0.735. The maximum absolute atomic E-state index is 12.0. The van der Waals surface area contributed by atoms with Gasteiger partial charge in [0, 0.05) is 33.0 Å². The molecule has 1 saturated heterocycles. The summed E-state index contributed by atoms with van der Waals surface area (Å²) < 4.78 is 0. The molecule has 1 unspecified atom stereocenters. The molecule has 0 saturated carbocycles. The van der Waals surface area contributed by atoms with Gasteiger partial charge >= 0.3 is 0 Å². The number of carbonyl (C=O) groups excluding carboxylic acids is 2. The molecule has 0 aromatic rings. The summed E-state index contributed by atoms with van der Waals surface area (Å²) in [5.74, 6) is 0.555. The normalized spacial score (nSPS) is 32.3. The Balaban J connectivity index is 2.20. The number of guanidine groups is 1. The number of amides is 2. The average molecular weight is 266 g/mol. The molecule has 0 bridgehead atoms. The first-order valence-electron chi connectivity index (χ1n) is 6.71. The maximum atomic E-state index is 12.0. The van der Waals surface area contributed by atoms with Crippen LogP contribution in [0.4, 0.5) is 0 Å². The van der Waals surface area contributed by atoms with E-state index in [0.717, 1.165) is 19.4 Å². The molecule has 1 fully saturated rings. The van der Waals surface area contributed by atoms with Gasteiger partial charge in [-0.25, -0.2) is 4.99 Å². The van der Waals surface area contributed by atoms with E-state index in [9.17, 15) is 9.59 Å². The molecule has 19 heavy (non-hydrogen) atoms. The SMILES string of the molecule is CC(=O)N1CCCC([C@]2(C)CC(=O)N(C)C(N)=N2)C1. The van der Waals surface area contributed by atoms with Crippen molar-refractivity contribution in [3.63, 3.8) is 0 Å². The molecule has 0 spiro atoms. The third kappa shape index (κ3) is 2.57.